The lowest BCUT2D eigenvalue weighted by atomic mass is 10.1. The summed E-state index contributed by atoms with van der Waals surface area (Å²) in [7, 11) is 0. The third-order valence-electron chi connectivity index (χ3n) is 2.32. The molecular weight excluding hydrogens is 224 g/mol. The molecule has 1 rings (SSSR count). The van der Waals surface area contributed by atoms with Gasteiger partial charge < -0.3 is 4.74 Å². The second kappa shape index (κ2) is 6.04. The molecule has 0 aliphatic heterocycles. The lowest BCUT2D eigenvalue weighted by Gasteiger charge is -2.10. The Morgan fingerprint density at radius 2 is 1.94 bits per heavy atom. The van der Waals surface area contributed by atoms with Gasteiger partial charge in [-0.1, -0.05) is 25.4 Å². The van der Waals surface area contributed by atoms with Gasteiger partial charge in [-0.05, 0) is 32.6 Å². The summed E-state index contributed by atoms with van der Waals surface area (Å²) in [6, 6.07) is 0. The minimum absolute atomic E-state index is 0.478. The molecule has 0 spiro atoms. The first-order valence-corrected chi connectivity index (χ1v) is 6.02. The number of hydrogen-bond donors (Lipinski definition) is 0. The highest BCUT2D eigenvalue weighted by molar-refractivity contribution is 6.30. The van der Waals surface area contributed by atoms with E-state index in [9.17, 15) is 0 Å². The van der Waals surface area contributed by atoms with Crippen molar-refractivity contribution in [2.75, 3.05) is 6.61 Å². The van der Waals surface area contributed by atoms with Crippen LogP contribution in [0, 0.1) is 19.8 Å². The van der Waals surface area contributed by atoms with Crippen LogP contribution in [0.15, 0.2) is 0 Å². The van der Waals surface area contributed by atoms with Crippen molar-refractivity contribution in [2.24, 2.45) is 5.92 Å². The van der Waals surface area contributed by atoms with Crippen LogP contribution >= 0.6 is 11.6 Å². The SMILES string of the molecule is Cc1nc(Cl)c(C)c(OCCCC(C)C)n1. The standard InChI is InChI=1S/C12H19ClN2O/c1-8(2)6-5-7-16-12-9(3)11(13)14-10(4)15-12/h8H,5-7H2,1-4H3. The Balaban J connectivity index is 2.53. The topological polar surface area (TPSA) is 35.0 Å². The fourth-order valence-corrected chi connectivity index (χ4v) is 1.57. The summed E-state index contributed by atoms with van der Waals surface area (Å²) in [4.78, 5) is 8.30. The number of ether oxygens (including phenoxy) is 1. The van der Waals surface area contributed by atoms with Crippen molar-refractivity contribution < 1.29 is 4.74 Å². The molecule has 0 fully saturated rings. The smallest absolute Gasteiger partial charge is 0.221 e. The third-order valence-corrected chi connectivity index (χ3v) is 2.69. The van der Waals surface area contributed by atoms with Crippen LogP contribution in [-0.4, -0.2) is 16.6 Å². The van der Waals surface area contributed by atoms with Gasteiger partial charge in [0.1, 0.15) is 11.0 Å². The van der Waals surface area contributed by atoms with Crippen LogP contribution in [0.2, 0.25) is 5.15 Å². The molecule has 3 nitrogen and oxygen atoms in total. The van der Waals surface area contributed by atoms with Gasteiger partial charge in [0.2, 0.25) is 5.88 Å². The zero-order chi connectivity index (χ0) is 12.1. The van der Waals surface area contributed by atoms with Crippen LogP contribution < -0.4 is 4.74 Å². The van der Waals surface area contributed by atoms with Gasteiger partial charge in [-0.25, -0.2) is 4.98 Å². The number of halogens is 1. The van der Waals surface area contributed by atoms with Crippen molar-refractivity contribution in [3.8, 4) is 5.88 Å². The Labute approximate surface area is 102 Å². The number of nitrogens with zero attached hydrogens (tertiary/aromatic N) is 2. The van der Waals surface area contributed by atoms with Crippen molar-refractivity contribution in [3.05, 3.63) is 16.5 Å². The molecule has 0 saturated carbocycles. The van der Waals surface area contributed by atoms with E-state index in [1.165, 1.54) is 0 Å². The molecule has 0 aliphatic carbocycles. The van der Waals surface area contributed by atoms with E-state index >= 15 is 0 Å². The van der Waals surface area contributed by atoms with Crippen molar-refractivity contribution in [3.63, 3.8) is 0 Å². The van der Waals surface area contributed by atoms with Gasteiger partial charge in [-0.15, -0.1) is 0 Å². The largest absolute Gasteiger partial charge is 0.477 e. The Morgan fingerprint density at radius 1 is 1.25 bits per heavy atom. The molecule has 0 atom stereocenters. The number of rotatable bonds is 5. The van der Waals surface area contributed by atoms with Gasteiger partial charge in [0.15, 0.2) is 0 Å². The molecule has 1 heterocycles. The summed E-state index contributed by atoms with van der Waals surface area (Å²) >= 11 is 5.95. The van der Waals surface area contributed by atoms with E-state index in [1.54, 1.807) is 0 Å². The molecular formula is C12H19ClN2O. The van der Waals surface area contributed by atoms with E-state index in [0.717, 1.165) is 18.4 Å². The quantitative estimate of drug-likeness (QED) is 0.585. The minimum Gasteiger partial charge on any atom is -0.477 e. The third kappa shape index (κ3) is 3.97. The normalized spacial score (nSPS) is 10.9. The van der Waals surface area contributed by atoms with E-state index in [2.05, 4.69) is 23.8 Å². The summed E-state index contributed by atoms with van der Waals surface area (Å²) < 4.78 is 5.61. The van der Waals surface area contributed by atoms with Gasteiger partial charge in [0.05, 0.1) is 6.61 Å². The summed E-state index contributed by atoms with van der Waals surface area (Å²) in [5.41, 5.74) is 0.816. The summed E-state index contributed by atoms with van der Waals surface area (Å²) in [6.45, 7) is 8.78. The van der Waals surface area contributed by atoms with Gasteiger partial charge in [0, 0.05) is 5.56 Å². The van der Waals surface area contributed by atoms with Crippen LogP contribution in [-0.2, 0) is 0 Å². The number of hydrogen-bond acceptors (Lipinski definition) is 3. The Kier molecular flexibility index (Phi) is 5.00. The average Bonchev–Trinajstić information content (AvgIpc) is 2.19. The van der Waals surface area contributed by atoms with Gasteiger partial charge in [-0.3, -0.25) is 0 Å². The van der Waals surface area contributed by atoms with Crippen LogP contribution in [0.5, 0.6) is 5.88 Å². The first kappa shape index (κ1) is 13.2. The Bertz CT molecular complexity index is 353. The maximum atomic E-state index is 5.95. The van der Waals surface area contributed by atoms with Gasteiger partial charge in [0.25, 0.3) is 0 Å². The van der Waals surface area contributed by atoms with E-state index in [0.29, 0.717) is 29.4 Å². The lowest BCUT2D eigenvalue weighted by Crippen LogP contribution is -2.04. The predicted molar refractivity (Wildman–Crippen MR) is 66.1 cm³/mol. The molecule has 0 saturated heterocycles. The summed E-state index contributed by atoms with van der Waals surface area (Å²) in [5.74, 6) is 1.97. The predicted octanol–water partition coefficient (Wildman–Crippen LogP) is 3.56. The number of aromatic nitrogens is 2. The summed E-state index contributed by atoms with van der Waals surface area (Å²) in [5, 5.41) is 0.478. The monoisotopic (exact) mass is 242 g/mol. The van der Waals surface area contributed by atoms with Crippen molar-refractivity contribution >= 4 is 11.6 Å². The van der Waals surface area contributed by atoms with Gasteiger partial charge in [-0.2, -0.15) is 4.98 Å². The Hall–Kier alpha value is -0.830. The highest BCUT2D eigenvalue weighted by Gasteiger charge is 2.08. The molecule has 0 amide bonds. The van der Waals surface area contributed by atoms with Crippen molar-refractivity contribution in [1.29, 1.82) is 0 Å². The molecule has 0 aliphatic rings. The van der Waals surface area contributed by atoms with Crippen molar-refractivity contribution in [1.82, 2.24) is 9.97 Å². The van der Waals surface area contributed by atoms with Gasteiger partial charge >= 0.3 is 0 Å². The molecule has 90 valence electrons. The first-order chi connectivity index (χ1) is 7.50. The molecule has 0 bridgehead atoms. The van der Waals surface area contributed by atoms with Crippen LogP contribution in [0.25, 0.3) is 0 Å². The van der Waals surface area contributed by atoms with Crippen LogP contribution in [0.3, 0.4) is 0 Å². The second-order valence-electron chi connectivity index (χ2n) is 4.38. The zero-order valence-corrected chi connectivity index (χ0v) is 11.1. The second-order valence-corrected chi connectivity index (χ2v) is 4.73. The van der Waals surface area contributed by atoms with Crippen LogP contribution in [0.1, 0.15) is 38.1 Å². The fourth-order valence-electron chi connectivity index (χ4n) is 1.37. The molecule has 0 unspecified atom stereocenters. The first-order valence-electron chi connectivity index (χ1n) is 5.64. The number of aryl methyl sites for hydroxylation is 1. The molecule has 16 heavy (non-hydrogen) atoms. The maximum absolute atomic E-state index is 5.95. The van der Waals surface area contributed by atoms with E-state index in [-0.39, 0.29) is 0 Å². The van der Waals surface area contributed by atoms with E-state index < -0.39 is 0 Å². The average molecular weight is 243 g/mol. The zero-order valence-electron chi connectivity index (χ0n) is 10.4. The maximum Gasteiger partial charge on any atom is 0.221 e. The fraction of sp³-hybridized carbons (Fsp3) is 0.667. The van der Waals surface area contributed by atoms with Crippen LogP contribution in [0.4, 0.5) is 0 Å². The molecule has 1 aromatic heterocycles. The highest BCUT2D eigenvalue weighted by Crippen LogP contribution is 2.21. The van der Waals surface area contributed by atoms with Crippen molar-refractivity contribution in [2.45, 2.75) is 40.5 Å². The summed E-state index contributed by atoms with van der Waals surface area (Å²) in [6.07, 6.45) is 2.20. The molecule has 1 aromatic rings. The van der Waals surface area contributed by atoms with E-state index in [4.69, 9.17) is 16.3 Å². The Morgan fingerprint density at radius 3 is 2.56 bits per heavy atom. The lowest BCUT2D eigenvalue weighted by molar-refractivity contribution is 0.284. The highest BCUT2D eigenvalue weighted by atomic mass is 35.5. The molecule has 0 aromatic carbocycles. The minimum atomic E-state index is 0.478. The molecule has 0 N–H and O–H groups in total. The molecule has 0 radical (unpaired) electrons. The molecule has 4 heteroatoms. The van der Waals surface area contributed by atoms with E-state index in [1.807, 2.05) is 13.8 Å².